The van der Waals surface area contributed by atoms with Gasteiger partial charge in [-0.3, -0.25) is 9.69 Å². The number of esters is 1. The Kier molecular flexibility index (Phi) is 4.86. The first-order valence-corrected chi connectivity index (χ1v) is 7.88. The van der Waals surface area contributed by atoms with Crippen LogP contribution in [-0.2, 0) is 14.0 Å². The fraction of sp³-hybridized carbons (Fsp3) is 0.929. The summed E-state index contributed by atoms with van der Waals surface area (Å²) in [5, 5.41) is 0. The molecule has 1 aliphatic heterocycles. The zero-order chi connectivity index (χ0) is 14.9. The fourth-order valence-electron chi connectivity index (χ4n) is 3.74. The summed E-state index contributed by atoms with van der Waals surface area (Å²) in [5.41, 5.74) is -0.902. The zero-order valence-electron chi connectivity index (χ0n) is 13.5. The minimum atomic E-state index is -0.490. The average molecular weight is 287 g/mol. The van der Waals surface area contributed by atoms with Crippen molar-refractivity contribution in [1.82, 2.24) is 4.90 Å². The SMILES string of the molecule is CCOC(=O)C1(C(C)(C)C)CCN(CO[SiH3])C1(C)C. The molecule has 0 aromatic heterocycles. The first kappa shape index (κ1) is 16.7. The summed E-state index contributed by atoms with van der Waals surface area (Å²) in [4.78, 5) is 15.0. The second-order valence-electron chi connectivity index (χ2n) is 6.87. The molecule has 0 aromatic rings. The average Bonchev–Trinajstić information content (AvgIpc) is 2.52. The molecule has 0 amide bonds. The molecule has 0 spiro atoms. The lowest BCUT2D eigenvalue weighted by atomic mass is 9.57. The number of nitrogens with zero attached hydrogens (tertiary/aromatic N) is 1. The van der Waals surface area contributed by atoms with Gasteiger partial charge in [0.1, 0.15) is 10.5 Å². The largest absolute Gasteiger partial charge is 0.465 e. The molecule has 1 fully saturated rings. The van der Waals surface area contributed by atoms with Crippen LogP contribution in [0.4, 0.5) is 0 Å². The third-order valence-electron chi connectivity index (χ3n) is 4.78. The van der Waals surface area contributed by atoms with Gasteiger partial charge in [0.15, 0.2) is 0 Å². The van der Waals surface area contributed by atoms with Gasteiger partial charge in [-0.05, 0) is 32.6 Å². The van der Waals surface area contributed by atoms with Crippen molar-refractivity contribution in [2.24, 2.45) is 10.8 Å². The predicted octanol–water partition coefficient (Wildman–Crippen LogP) is 1.32. The molecule has 0 radical (unpaired) electrons. The van der Waals surface area contributed by atoms with E-state index in [0.717, 1.165) is 13.0 Å². The van der Waals surface area contributed by atoms with E-state index in [-0.39, 0.29) is 16.9 Å². The van der Waals surface area contributed by atoms with E-state index in [1.807, 2.05) is 6.92 Å². The van der Waals surface area contributed by atoms with E-state index in [0.29, 0.717) is 23.8 Å². The standard InChI is InChI=1S/C14H29NO3Si/c1-7-17-11(16)14(12(2,3)4)8-9-15(10-18-19)13(14,5)6/h7-10H2,1-6,19H3. The first-order valence-electron chi connectivity index (χ1n) is 7.06. The molecule has 0 aliphatic carbocycles. The lowest BCUT2D eigenvalue weighted by Gasteiger charge is -2.50. The summed E-state index contributed by atoms with van der Waals surface area (Å²) < 4.78 is 10.8. The molecule has 1 atom stereocenters. The Bertz CT molecular complexity index is 338. The molecule has 1 heterocycles. The van der Waals surface area contributed by atoms with Crippen LogP contribution in [0, 0.1) is 10.8 Å². The van der Waals surface area contributed by atoms with Gasteiger partial charge in [0.2, 0.25) is 0 Å². The van der Waals surface area contributed by atoms with E-state index >= 15 is 0 Å². The maximum absolute atomic E-state index is 12.7. The van der Waals surface area contributed by atoms with Crippen LogP contribution in [-0.4, -0.2) is 46.8 Å². The summed E-state index contributed by atoms with van der Waals surface area (Å²) in [7, 11) is 0.716. The van der Waals surface area contributed by atoms with Gasteiger partial charge >= 0.3 is 5.97 Å². The van der Waals surface area contributed by atoms with Gasteiger partial charge in [0, 0.05) is 12.1 Å². The van der Waals surface area contributed by atoms with Crippen molar-refractivity contribution in [3.05, 3.63) is 0 Å². The quantitative estimate of drug-likeness (QED) is 0.577. The van der Waals surface area contributed by atoms with Crippen LogP contribution in [0.1, 0.15) is 48.0 Å². The van der Waals surface area contributed by atoms with E-state index < -0.39 is 5.41 Å². The second-order valence-corrected chi connectivity index (χ2v) is 7.44. The van der Waals surface area contributed by atoms with Gasteiger partial charge in [-0.15, -0.1) is 0 Å². The van der Waals surface area contributed by atoms with Gasteiger partial charge in [-0.25, -0.2) is 0 Å². The molecule has 1 unspecified atom stereocenters. The van der Waals surface area contributed by atoms with Crippen molar-refractivity contribution in [2.45, 2.75) is 53.5 Å². The minimum Gasteiger partial charge on any atom is -0.465 e. The highest BCUT2D eigenvalue weighted by molar-refractivity contribution is 5.97. The number of hydrogen-bond donors (Lipinski definition) is 0. The molecule has 5 heteroatoms. The van der Waals surface area contributed by atoms with Gasteiger partial charge in [0.25, 0.3) is 0 Å². The van der Waals surface area contributed by atoms with Gasteiger partial charge in [-0.2, -0.15) is 0 Å². The monoisotopic (exact) mass is 287 g/mol. The van der Waals surface area contributed by atoms with E-state index in [9.17, 15) is 4.79 Å². The molecule has 112 valence electrons. The summed E-state index contributed by atoms with van der Waals surface area (Å²) in [5.74, 6) is -0.0663. The summed E-state index contributed by atoms with van der Waals surface area (Å²) in [6.45, 7) is 14.5. The predicted molar refractivity (Wildman–Crippen MR) is 79.8 cm³/mol. The van der Waals surface area contributed by atoms with E-state index in [2.05, 4.69) is 39.5 Å². The van der Waals surface area contributed by atoms with Crippen LogP contribution in [0.15, 0.2) is 0 Å². The maximum Gasteiger partial charge on any atom is 0.314 e. The molecule has 19 heavy (non-hydrogen) atoms. The smallest absolute Gasteiger partial charge is 0.314 e. The van der Waals surface area contributed by atoms with Crippen LogP contribution in [0.5, 0.6) is 0 Å². The van der Waals surface area contributed by atoms with Crippen LogP contribution < -0.4 is 0 Å². The van der Waals surface area contributed by atoms with Crippen molar-refractivity contribution in [3.63, 3.8) is 0 Å². The molecular formula is C14H29NO3Si. The Morgan fingerprint density at radius 2 is 1.95 bits per heavy atom. The molecule has 0 aromatic carbocycles. The number of carbonyl (C=O) groups excluding carboxylic acids is 1. The molecular weight excluding hydrogens is 258 g/mol. The number of likely N-dealkylation sites (tertiary alicyclic amines) is 1. The van der Waals surface area contributed by atoms with Crippen LogP contribution >= 0.6 is 0 Å². The third kappa shape index (κ3) is 2.48. The number of carbonyl (C=O) groups is 1. The van der Waals surface area contributed by atoms with Crippen molar-refractivity contribution in [2.75, 3.05) is 19.9 Å². The Morgan fingerprint density at radius 1 is 1.37 bits per heavy atom. The zero-order valence-corrected chi connectivity index (χ0v) is 15.5. The maximum atomic E-state index is 12.7. The summed E-state index contributed by atoms with van der Waals surface area (Å²) in [6.07, 6.45) is 0.827. The molecule has 1 aliphatic rings. The van der Waals surface area contributed by atoms with Crippen LogP contribution in [0.3, 0.4) is 0 Å². The van der Waals surface area contributed by atoms with Gasteiger partial charge in [-0.1, -0.05) is 20.8 Å². The topological polar surface area (TPSA) is 38.8 Å². The highest BCUT2D eigenvalue weighted by Crippen LogP contribution is 2.56. The molecule has 0 N–H and O–H groups in total. The molecule has 4 nitrogen and oxygen atoms in total. The lowest BCUT2D eigenvalue weighted by molar-refractivity contribution is -0.172. The number of ether oxygens (including phenoxy) is 1. The summed E-state index contributed by atoms with van der Waals surface area (Å²) >= 11 is 0. The Hall–Kier alpha value is -0.393. The highest BCUT2D eigenvalue weighted by Gasteiger charge is 2.64. The van der Waals surface area contributed by atoms with Crippen molar-refractivity contribution in [3.8, 4) is 0 Å². The van der Waals surface area contributed by atoms with E-state index in [1.165, 1.54) is 0 Å². The fourth-order valence-corrected chi connectivity index (χ4v) is 4.06. The molecule has 0 saturated carbocycles. The Balaban J connectivity index is 3.23. The lowest BCUT2D eigenvalue weighted by Crippen LogP contribution is -2.59. The molecule has 1 saturated heterocycles. The molecule has 1 rings (SSSR count). The Labute approximate surface area is 120 Å². The van der Waals surface area contributed by atoms with Gasteiger partial charge < -0.3 is 9.16 Å². The van der Waals surface area contributed by atoms with Crippen LogP contribution in [0.25, 0.3) is 0 Å². The van der Waals surface area contributed by atoms with Crippen molar-refractivity contribution in [1.29, 1.82) is 0 Å². The van der Waals surface area contributed by atoms with E-state index in [1.54, 1.807) is 0 Å². The first-order chi connectivity index (χ1) is 8.65. The number of rotatable bonds is 4. The Morgan fingerprint density at radius 3 is 2.37 bits per heavy atom. The molecule has 0 bridgehead atoms. The summed E-state index contributed by atoms with van der Waals surface area (Å²) in [6, 6.07) is 0. The van der Waals surface area contributed by atoms with Gasteiger partial charge in [0.05, 0.1) is 18.8 Å². The van der Waals surface area contributed by atoms with Crippen LogP contribution in [0.2, 0.25) is 0 Å². The normalized spacial score (nSPS) is 27.7. The minimum absolute atomic E-state index is 0.0663. The third-order valence-corrected chi connectivity index (χ3v) is 5.04. The van der Waals surface area contributed by atoms with Crippen molar-refractivity contribution >= 4 is 16.5 Å². The number of hydrogen-bond acceptors (Lipinski definition) is 4. The van der Waals surface area contributed by atoms with E-state index in [4.69, 9.17) is 9.16 Å². The second kappa shape index (κ2) is 5.54. The highest BCUT2D eigenvalue weighted by atomic mass is 28.2. The van der Waals surface area contributed by atoms with Crippen molar-refractivity contribution < 1.29 is 14.0 Å².